The van der Waals surface area contributed by atoms with Crippen LogP contribution in [0.25, 0.3) is 10.2 Å². The molecule has 0 radical (unpaired) electrons. The highest BCUT2D eigenvalue weighted by Crippen LogP contribution is 2.32. The Morgan fingerprint density at radius 3 is 2.59 bits per heavy atom. The van der Waals surface area contributed by atoms with E-state index in [9.17, 15) is 4.79 Å². The van der Waals surface area contributed by atoms with Gasteiger partial charge in [-0.3, -0.25) is 9.69 Å². The van der Waals surface area contributed by atoms with Crippen molar-refractivity contribution in [1.29, 1.82) is 0 Å². The van der Waals surface area contributed by atoms with Crippen LogP contribution in [0.4, 0.5) is 5.13 Å². The zero-order chi connectivity index (χ0) is 19.4. The van der Waals surface area contributed by atoms with Crippen molar-refractivity contribution in [1.82, 2.24) is 4.98 Å². The molecule has 6 heteroatoms. The molecule has 0 saturated heterocycles. The quantitative estimate of drug-likeness (QED) is 0.619. The van der Waals surface area contributed by atoms with Gasteiger partial charge in [0, 0.05) is 4.90 Å². The van der Waals surface area contributed by atoms with Crippen LogP contribution in [0.15, 0.2) is 47.4 Å². The molecule has 0 aliphatic rings. The summed E-state index contributed by atoms with van der Waals surface area (Å²) >= 11 is 3.18. The molecule has 0 spiro atoms. The molecule has 3 aromatic rings. The van der Waals surface area contributed by atoms with Crippen LogP contribution in [0.5, 0.6) is 0 Å². The fraction of sp³-hybridized carbons (Fsp3) is 0.333. The van der Waals surface area contributed by atoms with Crippen molar-refractivity contribution in [2.45, 2.75) is 18.7 Å². The first-order valence-corrected chi connectivity index (χ1v) is 10.9. The molecule has 142 valence electrons. The number of rotatable bonds is 7. The molecule has 1 amide bonds. The van der Waals surface area contributed by atoms with Gasteiger partial charge in [-0.1, -0.05) is 35.6 Å². The second kappa shape index (κ2) is 8.87. The van der Waals surface area contributed by atoms with E-state index in [-0.39, 0.29) is 5.91 Å². The van der Waals surface area contributed by atoms with Gasteiger partial charge in [0.1, 0.15) is 0 Å². The number of aryl methyl sites for hydroxylation is 2. The molecule has 0 fully saturated rings. The molecule has 4 nitrogen and oxygen atoms in total. The molecule has 1 heterocycles. The van der Waals surface area contributed by atoms with Gasteiger partial charge in [-0.2, -0.15) is 0 Å². The van der Waals surface area contributed by atoms with E-state index in [1.807, 2.05) is 35.2 Å². The highest BCUT2D eigenvalue weighted by Gasteiger charge is 2.21. The Bertz CT molecular complexity index is 922. The summed E-state index contributed by atoms with van der Waals surface area (Å²) in [4.78, 5) is 22.1. The number of hydrogen-bond donors (Lipinski definition) is 1. The smallest absolute Gasteiger partial charge is 0.239 e. The number of anilines is 1. The van der Waals surface area contributed by atoms with Crippen LogP contribution in [-0.4, -0.2) is 43.8 Å². The number of quaternary nitrogens is 1. The maximum atomic E-state index is 13.0. The summed E-state index contributed by atoms with van der Waals surface area (Å²) < 4.78 is 1.14. The SMILES string of the molecule is Cc1ccc2sc(N(CC[NH+](C)C)C(=O)CSc3ccccc3)nc2c1C. The second-order valence-corrected chi connectivity index (χ2v) is 9.01. The Morgan fingerprint density at radius 2 is 1.89 bits per heavy atom. The Hall–Kier alpha value is -1.89. The summed E-state index contributed by atoms with van der Waals surface area (Å²) in [6.07, 6.45) is 0. The lowest BCUT2D eigenvalue weighted by Crippen LogP contribution is -3.06. The van der Waals surface area contributed by atoms with Crippen molar-refractivity contribution in [3.05, 3.63) is 53.6 Å². The number of amides is 1. The monoisotopic (exact) mass is 400 g/mol. The summed E-state index contributed by atoms with van der Waals surface area (Å²) in [7, 11) is 4.21. The number of aromatic nitrogens is 1. The summed E-state index contributed by atoms with van der Waals surface area (Å²) in [5.41, 5.74) is 3.44. The van der Waals surface area contributed by atoms with Crippen LogP contribution in [0, 0.1) is 13.8 Å². The topological polar surface area (TPSA) is 37.6 Å². The third-order valence-corrected chi connectivity index (χ3v) is 6.59. The molecule has 1 aromatic heterocycles. The molecule has 1 N–H and O–H groups in total. The number of thiazole rings is 1. The van der Waals surface area contributed by atoms with Gasteiger partial charge >= 0.3 is 0 Å². The number of nitrogens with zero attached hydrogens (tertiary/aromatic N) is 2. The van der Waals surface area contributed by atoms with Gasteiger partial charge < -0.3 is 4.90 Å². The van der Waals surface area contributed by atoms with E-state index in [1.54, 1.807) is 23.1 Å². The maximum Gasteiger partial charge on any atom is 0.239 e. The standard InChI is InChI=1S/C21H25N3OS2/c1-15-10-11-18-20(16(15)2)22-21(27-18)24(13-12-23(3)4)19(25)14-26-17-8-6-5-7-9-17/h5-11H,12-14H2,1-4H3/p+1. The molecule has 0 saturated carbocycles. The predicted octanol–water partition coefficient (Wildman–Crippen LogP) is 3.18. The number of benzene rings is 2. The minimum atomic E-state index is 0.110. The van der Waals surface area contributed by atoms with E-state index >= 15 is 0 Å². The van der Waals surface area contributed by atoms with Crippen molar-refractivity contribution in [2.24, 2.45) is 0 Å². The summed E-state index contributed by atoms with van der Waals surface area (Å²) in [6, 6.07) is 14.3. The highest BCUT2D eigenvalue weighted by atomic mass is 32.2. The first-order valence-electron chi connectivity index (χ1n) is 9.09. The molecule has 0 atom stereocenters. The first-order chi connectivity index (χ1) is 13.0. The Morgan fingerprint density at radius 1 is 1.15 bits per heavy atom. The minimum absolute atomic E-state index is 0.110. The van der Waals surface area contributed by atoms with E-state index in [4.69, 9.17) is 4.98 Å². The van der Waals surface area contributed by atoms with Crippen molar-refractivity contribution >= 4 is 44.4 Å². The van der Waals surface area contributed by atoms with Gasteiger partial charge in [0.2, 0.25) is 5.91 Å². The van der Waals surface area contributed by atoms with Crippen LogP contribution in [0.1, 0.15) is 11.1 Å². The molecular formula is C21H26N3OS2+. The van der Waals surface area contributed by atoms with Gasteiger partial charge in [-0.05, 0) is 43.2 Å². The normalized spacial score (nSPS) is 11.3. The van der Waals surface area contributed by atoms with E-state index in [2.05, 4.69) is 40.1 Å². The third kappa shape index (κ3) is 4.89. The number of fused-ring (bicyclic) bond motifs is 1. The summed E-state index contributed by atoms with van der Waals surface area (Å²) in [6.45, 7) is 5.76. The maximum absolute atomic E-state index is 13.0. The molecule has 0 unspecified atom stereocenters. The van der Waals surface area contributed by atoms with E-state index in [1.165, 1.54) is 16.0 Å². The lowest BCUT2D eigenvalue weighted by molar-refractivity contribution is -0.856. The van der Waals surface area contributed by atoms with Crippen molar-refractivity contribution in [3.8, 4) is 0 Å². The predicted molar refractivity (Wildman–Crippen MR) is 116 cm³/mol. The lowest BCUT2D eigenvalue weighted by Gasteiger charge is -2.20. The average Bonchev–Trinajstić information content (AvgIpc) is 3.08. The van der Waals surface area contributed by atoms with Crippen LogP contribution in [0.2, 0.25) is 0 Å². The van der Waals surface area contributed by atoms with Crippen molar-refractivity contribution < 1.29 is 9.69 Å². The number of thioether (sulfide) groups is 1. The van der Waals surface area contributed by atoms with E-state index < -0.39 is 0 Å². The van der Waals surface area contributed by atoms with Crippen molar-refractivity contribution in [2.75, 3.05) is 37.8 Å². The first kappa shape index (κ1) is 19.9. The molecule has 2 aromatic carbocycles. The van der Waals surface area contributed by atoms with Gasteiger partial charge in [0.25, 0.3) is 0 Å². The van der Waals surface area contributed by atoms with E-state index in [0.717, 1.165) is 26.8 Å². The Kier molecular flexibility index (Phi) is 6.52. The zero-order valence-electron chi connectivity index (χ0n) is 16.3. The molecule has 0 aliphatic heterocycles. The number of likely N-dealkylation sites (N-methyl/N-ethyl adjacent to an activating group) is 1. The average molecular weight is 401 g/mol. The molecular weight excluding hydrogens is 374 g/mol. The van der Waals surface area contributed by atoms with Crippen LogP contribution in [0.3, 0.4) is 0 Å². The van der Waals surface area contributed by atoms with Crippen LogP contribution in [-0.2, 0) is 4.79 Å². The molecule has 0 aliphatic carbocycles. The van der Waals surface area contributed by atoms with Crippen LogP contribution >= 0.6 is 23.1 Å². The molecule has 0 bridgehead atoms. The second-order valence-electron chi connectivity index (χ2n) is 6.95. The molecule has 27 heavy (non-hydrogen) atoms. The number of carbonyl (C=O) groups is 1. The Labute approximate surface area is 169 Å². The zero-order valence-corrected chi connectivity index (χ0v) is 17.9. The summed E-state index contributed by atoms with van der Waals surface area (Å²) in [5, 5.41) is 0.804. The largest absolute Gasteiger partial charge is 0.338 e. The fourth-order valence-electron chi connectivity index (χ4n) is 2.73. The van der Waals surface area contributed by atoms with Crippen LogP contribution < -0.4 is 9.80 Å². The number of nitrogens with one attached hydrogen (secondary N) is 1. The minimum Gasteiger partial charge on any atom is -0.338 e. The molecule has 3 rings (SSSR count). The van der Waals surface area contributed by atoms with E-state index in [0.29, 0.717) is 12.3 Å². The van der Waals surface area contributed by atoms with Crippen molar-refractivity contribution in [3.63, 3.8) is 0 Å². The van der Waals surface area contributed by atoms with Gasteiger partial charge in [-0.25, -0.2) is 4.98 Å². The highest BCUT2D eigenvalue weighted by molar-refractivity contribution is 8.00. The van der Waals surface area contributed by atoms with Gasteiger partial charge in [0.05, 0.1) is 43.2 Å². The summed E-state index contributed by atoms with van der Waals surface area (Å²) in [5.74, 6) is 0.527. The Balaban J connectivity index is 1.84. The lowest BCUT2D eigenvalue weighted by atomic mass is 10.1. The van der Waals surface area contributed by atoms with Gasteiger partial charge in [0.15, 0.2) is 5.13 Å². The number of hydrogen-bond acceptors (Lipinski definition) is 4. The third-order valence-electron chi connectivity index (χ3n) is 4.55. The number of carbonyl (C=O) groups excluding carboxylic acids is 1. The fourth-order valence-corrected chi connectivity index (χ4v) is 4.60. The van der Waals surface area contributed by atoms with Gasteiger partial charge in [-0.15, -0.1) is 11.8 Å².